The summed E-state index contributed by atoms with van der Waals surface area (Å²) in [6.07, 6.45) is 6.04. The van der Waals surface area contributed by atoms with Gasteiger partial charge in [0, 0.05) is 17.8 Å². The Morgan fingerprint density at radius 2 is 1.89 bits per heavy atom. The van der Waals surface area contributed by atoms with Crippen LogP contribution in [0.4, 0.5) is 5.82 Å². The number of anilines is 1. The number of nitrogens with one attached hydrogen (secondary N) is 2. The summed E-state index contributed by atoms with van der Waals surface area (Å²) in [4.78, 5) is 30.1. The summed E-state index contributed by atoms with van der Waals surface area (Å²) in [5.41, 5.74) is 2.51. The number of hydrogen-bond acceptors (Lipinski definition) is 3. The Morgan fingerprint density at radius 3 is 2.67 bits per heavy atom. The molecule has 27 heavy (non-hydrogen) atoms. The second kappa shape index (κ2) is 7.23. The van der Waals surface area contributed by atoms with E-state index >= 15 is 0 Å². The molecule has 1 aliphatic rings. The number of aryl methyl sites for hydroxylation is 1. The minimum atomic E-state index is -0.281. The molecule has 4 rings (SSSR count). The van der Waals surface area contributed by atoms with Crippen molar-refractivity contribution in [3.05, 3.63) is 65.5 Å². The van der Waals surface area contributed by atoms with Crippen molar-refractivity contribution in [2.24, 2.45) is 0 Å². The molecule has 1 aliphatic carbocycles. The molecule has 6 heteroatoms. The van der Waals surface area contributed by atoms with Crippen molar-refractivity contribution in [1.29, 1.82) is 0 Å². The molecule has 0 spiro atoms. The lowest BCUT2D eigenvalue weighted by Crippen LogP contribution is -2.34. The summed E-state index contributed by atoms with van der Waals surface area (Å²) < 4.78 is 1.72. The third kappa shape index (κ3) is 3.56. The van der Waals surface area contributed by atoms with Crippen molar-refractivity contribution in [3.8, 4) is 0 Å². The van der Waals surface area contributed by atoms with Crippen molar-refractivity contribution >= 4 is 23.3 Å². The van der Waals surface area contributed by atoms with E-state index in [9.17, 15) is 9.59 Å². The number of carbonyl (C=O) groups is 2. The number of imidazole rings is 1. The second-order valence-corrected chi connectivity index (χ2v) is 7.02. The SMILES string of the molecule is Cc1cccc(C(=O)Nc2nc3ccccn3c2C(=O)NC2CCCC2)c1. The Labute approximate surface area is 157 Å². The Hall–Kier alpha value is -3.15. The molecule has 2 heterocycles. The van der Waals surface area contributed by atoms with E-state index in [-0.39, 0.29) is 23.7 Å². The third-order valence-electron chi connectivity index (χ3n) is 4.95. The van der Waals surface area contributed by atoms with Crippen LogP contribution in [0.1, 0.15) is 52.1 Å². The molecule has 0 saturated heterocycles. The van der Waals surface area contributed by atoms with Crippen LogP contribution < -0.4 is 10.6 Å². The Bertz CT molecular complexity index is 1000. The molecule has 2 aromatic heterocycles. The fraction of sp³-hybridized carbons (Fsp3) is 0.286. The standard InChI is InChI=1S/C21H22N4O2/c1-14-7-6-8-15(13-14)20(26)24-19-18(21(27)22-16-9-2-3-10-16)25-12-5-4-11-17(25)23-19/h4-8,11-13,16H,2-3,9-10H2,1H3,(H,22,27)(H,24,26). The molecular weight excluding hydrogens is 340 g/mol. The molecule has 1 saturated carbocycles. The van der Waals surface area contributed by atoms with Crippen LogP contribution in [0.15, 0.2) is 48.7 Å². The smallest absolute Gasteiger partial charge is 0.272 e. The zero-order valence-electron chi connectivity index (χ0n) is 15.2. The van der Waals surface area contributed by atoms with Gasteiger partial charge in [-0.25, -0.2) is 4.98 Å². The van der Waals surface area contributed by atoms with E-state index in [0.717, 1.165) is 31.2 Å². The van der Waals surface area contributed by atoms with Crippen molar-refractivity contribution in [1.82, 2.24) is 14.7 Å². The molecule has 6 nitrogen and oxygen atoms in total. The van der Waals surface area contributed by atoms with Gasteiger partial charge in [0.25, 0.3) is 11.8 Å². The number of benzene rings is 1. The summed E-state index contributed by atoms with van der Waals surface area (Å²) >= 11 is 0. The van der Waals surface area contributed by atoms with Gasteiger partial charge in [0.2, 0.25) is 0 Å². The van der Waals surface area contributed by atoms with E-state index in [0.29, 0.717) is 16.9 Å². The maximum atomic E-state index is 12.9. The van der Waals surface area contributed by atoms with Gasteiger partial charge in [0.05, 0.1) is 0 Å². The van der Waals surface area contributed by atoms with E-state index in [2.05, 4.69) is 15.6 Å². The zero-order valence-corrected chi connectivity index (χ0v) is 15.2. The first-order valence-electron chi connectivity index (χ1n) is 9.28. The highest BCUT2D eigenvalue weighted by atomic mass is 16.2. The number of amides is 2. The molecule has 3 aromatic rings. The van der Waals surface area contributed by atoms with E-state index in [1.807, 2.05) is 43.3 Å². The van der Waals surface area contributed by atoms with Crippen LogP contribution in [-0.2, 0) is 0 Å². The van der Waals surface area contributed by atoms with Crippen LogP contribution in [0.5, 0.6) is 0 Å². The van der Waals surface area contributed by atoms with Crippen molar-refractivity contribution in [3.63, 3.8) is 0 Å². The highest BCUT2D eigenvalue weighted by Gasteiger charge is 2.24. The Balaban J connectivity index is 1.67. The largest absolute Gasteiger partial charge is 0.348 e. The lowest BCUT2D eigenvalue weighted by molar-refractivity contribution is 0.0933. The molecule has 0 unspecified atom stereocenters. The van der Waals surface area contributed by atoms with Crippen molar-refractivity contribution < 1.29 is 9.59 Å². The highest BCUT2D eigenvalue weighted by molar-refractivity contribution is 6.08. The first-order chi connectivity index (χ1) is 13.1. The van der Waals surface area contributed by atoms with Gasteiger partial charge in [-0.3, -0.25) is 14.0 Å². The molecule has 1 fully saturated rings. The molecular formula is C21H22N4O2. The number of fused-ring (bicyclic) bond motifs is 1. The van der Waals surface area contributed by atoms with Gasteiger partial charge < -0.3 is 10.6 Å². The minimum Gasteiger partial charge on any atom is -0.348 e. The van der Waals surface area contributed by atoms with Gasteiger partial charge in [0.1, 0.15) is 5.65 Å². The average molecular weight is 362 g/mol. The number of hydrogen-bond donors (Lipinski definition) is 2. The maximum Gasteiger partial charge on any atom is 0.272 e. The van der Waals surface area contributed by atoms with Crippen molar-refractivity contribution in [2.45, 2.75) is 38.6 Å². The molecule has 138 valence electrons. The van der Waals surface area contributed by atoms with Crippen LogP contribution in [0.3, 0.4) is 0 Å². The Kier molecular flexibility index (Phi) is 4.62. The van der Waals surface area contributed by atoms with Crippen LogP contribution in [-0.4, -0.2) is 27.2 Å². The van der Waals surface area contributed by atoms with Gasteiger partial charge >= 0.3 is 0 Å². The molecule has 0 atom stereocenters. The fourth-order valence-electron chi connectivity index (χ4n) is 3.59. The molecule has 2 amide bonds. The predicted octanol–water partition coefficient (Wildman–Crippen LogP) is 3.57. The van der Waals surface area contributed by atoms with Crippen LogP contribution >= 0.6 is 0 Å². The van der Waals surface area contributed by atoms with Gasteiger partial charge in [0.15, 0.2) is 11.5 Å². The third-order valence-corrected chi connectivity index (χ3v) is 4.95. The minimum absolute atomic E-state index is 0.187. The zero-order chi connectivity index (χ0) is 18.8. The predicted molar refractivity (Wildman–Crippen MR) is 104 cm³/mol. The monoisotopic (exact) mass is 362 g/mol. The van der Waals surface area contributed by atoms with Gasteiger partial charge in [-0.15, -0.1) is 0 Å². The quantitative estimate of drug-likeness (QED) is 0.745. The Morgan fingerprint density at radius 1 is 1.07 bits per heavy atom. The molecule has 0 radical (unpaired) electrons. The number of rotatable bonds is 4. The summed E-state index contributed by atoms with van der Waals surface area (Å²) in [5, 5.41) is 5.90. The normalized spacial score (nSPS) is 14.4. The van der Waals surface area contributed by atoms with Gasteiger partial charge in [-0.1, -0.05) is 36.6 Å². The van der Waals surface area contributed by atoms with Crippen LogP contribution in [0.2, 0.25) is 0 Å². The van der Waals surface area contributed by atoms with Crippen molar-refractivity contribution in [2.75, 3.05) is 5.32 Å². The topological polar surface area (TPSA) is 75.5 Å². The second-order valence-electron chi connectivity index (χ2n) is 7.02. The van der Waals surface area contributed by atoms with Crippen LogP contribution in [0.25, 0.3) is 5.65 Å². The molecule has 0 aliphatic heterocycles. The lowest BCUT2D eigenvalue weighted by atomic mass is 10.1. The fourth-order valence-corrected chi connectivity index (χ4v) is 3.59. The first-order valence-corrected chi connectivity index (χ1v) is 9.28. The molecule has 2 N–H and O–H groups in total. The highest BCUT2D eigenvalue weighted by Crippen LogP contribution is 2.22. The van der Waals surface area contributed by atoms with E-state index in [1.54, 1.807) is 16.7 Å². The van der Waals surface area contributed by atoms with E-state index < -0.39 is 0 Å². The lowest BCUT2D eigenvalue weighted by Gasteiger charge is -2.13. The van der Waals surface area contributed by atoms with E-state index in [4.69, 9.17) is 0 Å². The number of aromatic nitrogens is 2. The summed E-state index contributed by atoms with van der Waals surface area (Å²) in [6, 6.07) is 13.0. The average Bonchev–Trinajstić information content (AvgIpc) is 3.28. The summed E-state index contributed by atoms with van der Waals surface area (Å²) in [6.45, 7) is 1.93. The summed E-state index contributed by atoms with van der Waals surface area (Å²) in [5.74, 6) is -0.208. The molecule has 1 aromatic carbocycles. The van der Waals surface area contributed by atoms with Crippen LogP contribution in [0, 0.1) is 6.92 Å². The molecule has 0 bridgehead atoms. The van der Waals surface area contributed by atoms with E-state index in [1.165, 1.54) is 0 Å². The summed E-state index contributed by atoms with van der Waals surface area (Å²) in [7, 11) is 0. The maximum absolute atomic E-state index is 12.9. The first kappa shape index (κ1) is 17.3. The number of pyridine rings is 1. The number of carbonyl (C=O) groups excluding carboxylic acids is 2. The van der Waals surface area contributed by atoms with Gasteiger partial charge in [-0.05, 0) is 44.0 Å². The van der Waals surface area contributed by atoms with Gasteiger partial charge in [-0.2, -0.15) is 0 Å². The number of nitrogens with zero attached hydrogens (tertiary/aromatic N) is 2.